The van der Waals surface area contributed by atoms with E-state index in [0.29, 0.717) is 0 Å². The molecule has 0 aliphatic rings. The Morgan fingerprint density at radius 1 is 0.621 bits per heavy atom. The van der Waals surface area contributed by atoms with Crippen molar-refractivity contribution in [3.63, 3.8) is 0 Å². The van der Waals surface area contributed by atoms with E-state index in [1.807, 2.05) is 6.08 Å². The molecule has 0 radical (unpaired) electrons. The third kappa shape index (κ3) is 22.1. The summed E-state index contributed by atoms with van der Waals surface area (Å²) in [5.41, 5.74) is 5.55. The summed E-state index contributed by atoms with van der Waals surface area (Å²) in [4.78, 5) is 0. The van der Waals surface area contributed by atoms with Crippen LogP contribution in [-0.4, -0.2) is 29.0 Å². The van der Waals surface area contributed by atoms with Gasteiger partial charge in [-0.1, -0.05) is 135 Å². The molecule has 0 rings (SSSR count). The maximum Gasteiger partial charge on any atom is 0.0894 e. The third-order valence-electron chi connectivity index (χ3n) is 5.96. The second-order valence-corrected chi connectivity index (χ2v) is 8.92. The molecule has 0 aromatic rings. The molecule has 0 amide bonds. The van der Waals surface area contributed by atoms with Crippen LogP contribution in [0.1, 0.15) is 135 Å². The highest BCUT2D eigenvalue weighted by Crippen LogP contribution is 2.14. The Balaban J connectivity index is 3.13. The molecule has 0 bridgehead atoms. The Hall–Kier alpha value is -0.380. The van der Waals surface area contributed by atoms with Crippen LogP contribution in [-0.2, 0) is 0 Å². The largest absolute Gasteiger partial charge is 0.395 e. The number of allylic oxidation sites excluding steroid dienone is 1. The summed E-state index contributed by atoms with van der Waals surface area (Å²) in [7, 11) is 0. The highest BCUT2D eigenvalue weighted by molar-refractivity contribution is 4.93. The van der Waals surface area contributed by atoms with Gasteiger partial charge in [-0.2, -0.15) is 0 Å². The average Bonchev–Trinajstić information content (AvgIpc) is 2.74. The van der Waals surface area contributed by atoms with E-state index >= 15 is 0 Å². The van der Waals surface area contributed by atoms with Crippen molar-refractivity contribution in [1.82, 2.24) is 0 Å². The lowest BCUT2D eigenvalue weighted by molar-refractivity contribution is 0.144. The Morgan fingerprint density at radius 2 is 0.966 bits per heavy atom. The number of nitrogens with two attached hydrogens (primary N) is 1. The van der Waals surface area contributed by atoms with Gasteiger partial charge in [0.1, 0.15) is 0 Å². The molecule has 0 unspecified atom stereocenters. The van der Waals surface area contributed by atoms with Crippen molar-refractivity contribution < 1.29 is 10.2 Å². The highest BCUT2D eigenvalue weighted by atomic mass is 16.3. The SMILES string of the molecule is CCCCCCCCCCCCCCCCCCCCC/C=C/[C@@H](O)[C@@H](N)CO. The van der Waals surface area contributed by atoms with Crippen molar-refractivity contribution >= 4 is 0 Å². The van der Waals surface area contributed by atoms with E-state index in [0.717, 1.165) is 6.42 Å². The molecule has 0 aromatic heterocycles. The molecule has 0 spiro atoms. The molecule has 2 atom stereocenters. The summed E-state index contributed by atoms with van der Waals surface area (Å²) < 4.78 is 0. The molecule has 0 heterocycles. The topological polar surface area (TPSA) is 66.5 Å². The summed E-state index contributed by atoms with van der Waals surface area (Å²) in [6.45, 7) is 2.11. The average molecular weight is 412 g/mol. The van der Waals surface area contributed by atoms with Crippen LogP contribution < -0.4 is 5.73 Å². The summed E-state index contributed by atoms with van der Waals surface area (Å²) in [5, 5.41) is 18.5. The highest BCUT2D eigenvalue weighted by Gasteiger charge is 2.08. The monoisotopic (exact) mass is 411 g/mol. The van der Waals surface area contributed by atoms with Crippen LogP contribution >= 0.6 is 0 Å². The molecular formula is C26H53NO2. The lowest BCUT2D eigenvalue weighted by atomic mass is 10.0. The number of unbranched alkanes of at least 4 members (excludes halogenated alkanes) is 19. The number of aliphatic hydroxyl groups excluding tert-OH is 2. The first-order chi connectivity index (χ1) is 14.2. The van der Waals surface area contributed by atoms with E-state index in [1.165, 1.54) is 122 Å². The molecule has 0 aliphatic carbocycles. The lowest BCUT2D eigenvalue weighted by Gasteiger charge is -2.11. The molecule has 3 nitrogen and oxygen atoms in total. The van der Waals surface area contributed by atoms with Gasteiger partial charge in [-0.3, -0.25) is 0 Å². The van der Waals surface area contributed by atoms with Gasteiger partial charge in [0.15, 0.2) is 0 Å². The quantitative estimate of drug-likeness (QED) is 0.125. The summed E-state index contributed by atoms with van der Waals surface area (Å²) in [6, 6.07) is -0.559. The molecule has 4 N–H and O–H groups in total. The molecule has 174 valence electrons. The van der Waals surface area contributed by atoms with Crippen LogP contribution in [0.15, 0.2) is 12.2 Å². The van der Waals surface area contributed by atoms with Gasteiger partial charge in [-0.05, 0) is 12.8 Å². The second-order valence-electron chi connectivity index (χ2n) is 8.92. The lowest BCUT2D eigenvalue weighted by Crippen LogP contribution is -2.36. The Bertz CT molecular complexity index is 333. The summed E-state index contributed by atoms with van der Waals surface area (Å²) >= 11 is 0. The first-order valence-corrected chi connectivity index (χ1v) is 12.9. The molecular weight excluding hydrogens is 358 g/mol. The first-order valence-electron chi connectivity index (χ1n) is 12.9. The number of hydrogen-bond acceptors (Lipinski definition) is 3. The molecule has 0 aromatic carbocycles. The zero-order valence-electron chi connectivity index (χ0n) is 19.6. The summed E-state index contributed by atoms with van der Waals surface area (Å²) in [6.07, 6.45) is 30.6. The smallest absolute Gasteiger partial charge is 0.0894 e. The Kier molecular flexibility index (Phi) is 23.6. The van der Waals surface area contributed by atoms with Crippen molar-refractivity contribution in [3.8, 4) is 0 Å². The van der Waals surface area contributed by atoms with E-state index in [9.17, 15) is 5.11 Å². The van der Waals surface area contributed by atoms with E-state index in [4.69, 9.17) is 10.8 Å². The zero-order valence-corrected chi connectivity index (χ0v) is 19.6. The standard InChI is InChI=1S/C26H53NO2/c1-2-3-4-5-6-7-8-9-10-11-12-13-14-15-16-17-18-19-20-21-22-23-26(29)25(27)24-28/h22-23,25-26,28-29H,2-21,24,27H2,1H3/b23-22+/t25-,26+/m0/s1. The van der Waals surface area contributed by atoms with Crippen LogP contribution in [0.3, 0.4) is 0 Å². The minimum Gasteiger partial charge on any atom is -0.395 e. The molecule has 0 fully saturated rings. The van der Waals surface area contributed by atoms with Crippen molar-refractivity contribution in [2.45, 2.75) is 147 Å². The summed E-state index contributed by atoms with van der Waals surface area (Å²) in [5.74, 6) is 0. The van der Waals surface area contributed by atoms with Gasteiger partial charge in [-0.25, -0.2) is 0 Å². The molecule has 0 saturated carbocycles. The maximum absolute atomic E-state index is 9.60. The van der Waals surface area contributed by atoms with Crippen LogP contribution in [0.2, 0.25) is 0 Å². The van der Waals surface area contributed by atoms with E-state index in [-0.39, 0.29) is 6.61 Å². The number of hydrogen-bond donors (Lipinski definition) is 3. The fourth-order valence-electron chi connectivity index (χ4n) is 3.83. The fraction of sp³-hybridized carbons (Fsp3) is 0.923. The van der Waals surface area contributed by atoms with Gasteiger partial charge < -0.3 is 15.9 Å². The van der Waals surface area contributed by atoms with Gasteiger partial charge in [-0.15, -0.1) is 0 Å². The number of rotatable bonds is 23. The van der Waals surface area contributed by atoms with Crippen molar-refractivity contribution in [1.29, 1.82) is 0 Å². The van der Waals surface area contributed by atoms with E-state index in [2.05, 4.69) is 6.92 Å². The van der Waals surface area contributed by atoms with Crippen LogP contribution in [0.25, 0.3) is 0 Å². The zero-order chi connectivity index (χ0) is 21.4. The third-order valence-corrected chi connectivity index (χ3v) is 5.96. The van der Waals surface area contributed by atoms with Crippen LogP contribution in [0.5, 0.6) is 0 Å². The van der Waals surface area contributed by atoms with Crippen LogP contribution in [0.4, 0.5) is 0 Å². The molecule has 0 saturated heterocycles. The molecule has 0 aliphatic heterocycles. The minimum absolute atomic E-state index is 0.176. The van der Waals surface area contributed by atoms with E-state index < -0.39 is 12.1 Å². The van der Waals surface area contributed by atoms with Gasteiger partial charge in [0.2, 0.25) is 0 Å². The normalized spacial score (nSPS) is 13.9. The van der Waals surface area contributed by atoms with Gasteiger partial charge in [0.05, 0.1) is 18.8 Å². The van der Waals surface area contributed by atoms with E-state index in [1.54, 1.807) is 6.08 Å². The van der Waals surface area contributed by atoms with Gasteiger partial charge in [0, 0.05) is 0 Å². The van der Waals surface area contributed by atoms with Crippen molar-refractivity contribution in [3.05, 3.63) is 12.2 Å². The van der Waals surface area contributed by atoms with Gasteiger partial charge >= 0.3 is 0 Å². The molecule has 29 heavy (non-hydrogen) atoms. The predicted molar refractivity (Wildman–Crippen MR) is 128 cm³/mol. The van der Waals surface area contributed by atoms with Crippen molar-refractivity contribution in [2.75, 3.05) is 6.61 Å². The van der Waals surface area contributed by atoms with Crippen molar-refractivity contribution in [2.24, 2.45) is 5.73 Å². The fourth-order valence-corrected chi connectivity index (χ4v) is 3.83. The predicted octanol–water partition coefficient (Wildman–Crippen LogP) is 7.05. The molecule has 3 heteroatoms. The maximum atomic E-state index is 9.60. The van der Waals surface area contributed by atoms with Crippen LogP contribution in [0, 0.1) is 0 Å². The second kappa shape index (κ2) is 23.9. The minimum atomic E-state index is -0.722. The first kappa shape index (κ1) is 28.6. The Labute approximate surface area is 182 Å². The van der Waals surface area contributed by atoms with Gasteiger partial charge in [0.25, 0.3) is 0 Å². The Morgan fingerprint density at radius 3 is 1.31 bits per heavy atom. The number of aliphatic hydroxyl groups is 2.